The van der Waals surface area contributed by atoms with Crippen molar-refractivity contribution >= 4 is 16.7 Å². The predicted molar refractivity (Wildman–Crippen MR) is 83.0 cm³/mol. The normalized spacial score (nSPS) is 10.7. The Morgan fingerprint density at radius 1 is 1.30 bits per heavy atom. The Balaban J connectivity index is 1.55. The first-order valence-corrected chi connectivity index (χ1v) is 7.82. The number of anilines is 1. The van der Waals surface area contributed by atoms with E-state index in [1.54, 1.807) is 6.20 Å². The summed E-state index contributed by atoms with van der Waals surface area (Å²) in [5.41, 5.74) is 1.22. The van der Waals surface area contributed by atoms with Gasteiger partial charge in [0, 0.05) is 43.4 Å². The summed E-state index contributed by atoms with van der Waals surface area (Å²) in [6.45, 7) is 4.90. The molecule has 0 spiro atoms. The van der Waals surface area contributed by atoms with Gasteiger partial charge in [-0.3, -0.25) is 4.98 Å². The molecule has 2 rings (SSSR count). The van der Waals surface area contributed by atoms with Crippen LogP contribution in [-0.4, -0.2) is 27.4 Å². The molecule has 0 fully saturated rings. The third kappa shape index (κ3) is 5.22. The fourth-order valence-corrected chi connectivity index (χ4v) is 2.43. The van der Waals surface area contributed by atoms with E-state index in [1.165, 1.54) is 17.1 Å². The lowest BCUT2D eigenvalue weighted by molar-refractivity contribution is 0.661. The summed E-state index contributed by atoms with van der Waals surface area (Å²) >= 11 is 1.45. The quantitative estimate of drug-likeness (QED) is 0.695. The van der Waals surface area contributed by atoms with Crippen molar-refractivity contribution in [3.05, 3.63) is 35.9 Å². The number of aryl methyl sites for hydroxylation is 1. The molecular formula is C14H21N5S. The summed E-state index contributed by atoms with van der Waals surface area (Å²) in [4.78, 5) is 8.52. The Morgan fingerprint density at radius 3 is 3.05 bits per heavy atom. The minimum Gasteiger partial charge on any atom is -0.360 e. The van der Waals surface area contributed by atoms with Gasteiger partial charge in [-0.2, -0.15) is 4.37 Å². The smallest absolute Gasteiger partial charge is 0.202 e. The molecule has 0 radical (unpaired) electrons. The van der Waals surface area contributed by atoms with E-state index in [1.807, 2.05) is 12.3 Å². The van der Waals surface area contributed by atoms with Crippen LogP contribution < -0.4 is 10.6 Å². The topological polar surface area (TPSA) is 62.7 Å². The van der Waals surface area contributed by atoms with Gasteiger partial charge in [-0.1, -0.05) is 13.0 Å². The van der Waals surface area contributed by atoms with E-state index in [-0.39, 0.29) is 0 Å². The van der Waals surface area contributed by atoms with Crippen LogP contribution in [0, 0.1) is 0 Å². The highest BCUT2D eigenvalue weighted by Gasteiger charge is 2.01. The summed E-state index contributed by atoms with van der Waals surface area (Å²) in [6, 6.07) is 4.04. The molecule has 0 aliphatic rings. The Morgan fingerprint density at radius 2 is 2.25 bits per heavy atom. The summed E-state index contributed by atoms with van der Waals surface area (Å²) in [6.07, 6.45) is 6.80. The minimum absolute atomic E-state index is 0.868. The van der Waals surface area contributed by atoms with Gasteiger partial charge in [0.15, 0.2) is 0 Å². The van der Waals surface area contributed by atoms with Crippen LogP contribution in [-0.2, 0) is 13.0 Å². The molecule has 0 saturated heterocycles. The van der Waals surface area contributed by atoms with Gasteiger partial charge in [0.2, 0.25) is 5.13 Å². The molecular weight excluding hydrogens is 270 g/mol. The number of nitrogens with zero attached hydrogens (tertiary/aromatic N) is 3. The summed E-state index contributed by atoms with van der Waals surface area (Å²) < 4.78 is 4.31. The van der Waals surface area contributed by atoms with Crippen LogP contribution in [0.25, 0.3) is 0 Å². The maximum absolute atomic E-state index is 4.43. The molecule has 0 amide bonds. The lowest BCUT2D eigenvalue weighted by Crippen LogP contribution is -2.17. The molecule has 0 atom stereocenters. The molecule has 0 bridgehead atoms. The highest BCUT2D eigenvalue weighted by atomic mass is 32.1. The van der Waals surface area contributed by atoms with Crippen molar-refractivity contribution in [3.8, 4) is 0 Å². The summed E-state index contributed by atoms with van der Waals surface area (Å²) in [5, 5.41) is 7.65. The number of hydrogen-bond acceptors (Lipinski definition) is 6. The van der Waals surface area contributed by atoms with Crippen LogP contribution in [0.2, 0.25) is 0 Å². The fraction of sp³-hybridized carbons (Fsp3) is 0.500. The Bertz CT molecular complexity index is 485. The zero-order valence-corrected chi connectivity index (χ0v) is 12.6. The molecule has 6 heteroatoms. The van der Waals surface area contributed by atoms with E-state index in [4.69, 9.17) is 0 Å². The number of pyridine rings is 1. The highest BCUT2D eigenvalue weighted by molar-refractivity contribution is 7.09. The molecule has 2 aromatic heterocycles. The van der Waals surface area contributed by atoms with Crippen molar-refractivity contribution in [3.63, 3.8) is 0 Å². The summed E-state index contributed by atoms with van der Waals surface area (Å²) in [7, 11) is 0. The Hall–Kier alpha value is -1.53. The largest absolute Gasteiger partial charge is 0.360 e. The summed E-state index contributed by atoms with van der Waals surface area (Å²) in [5.74, 6) is 0.953. The average Bonchev–Trinajstić information content (AvgIpc) is 2.92. The third-order valence-electron chi connectivity index (χ3n) is 2.80. The number of rotatable bonds is 9. The molecule has 0 aliphatic heterocycles. The molecule has 2 N–H and O–H groups in total. The van der Waals surface area contributed by atoms with Crippen LogP contribution in [0.1, 0.15) is 31.2 Å². The first-order valence-electron chi connectivity index (χ1n) is 7.04. The molecule has 108 valence electrons. The van der Waals surface area contributed by atoms with Crippen LogP contribution >= 0.6 is 11.5 Å². The van der Waals surface area contributed by atoms with E-state index >= 15 is 0 Å². The zero-order valence-electron chi connectivity index (χ0n) is 11.8. The molecule has 0 aromatic carbocycles. The second kappa shape index (κ2) is 8.60. The van der Waals surface area contributed by atoms with Gasteiger partial charge >= 0.3 is 0 Å². The van der Waals surface area contributed by atoms with Crippen molar-refractivity contribution in [2.24, 2.45) is 0 Å². The molecule has 0 aliphatic carbocycles. The first-order chi connectivity index (χ1) is 9.88. The molecule has 20 heavy (non-hydrogen) atoms. The van der Waals surface area contributed by atoms with Gasteiger partial charge in [0.1, 0.15) is 5.82 Å². The molecule has 5 nitrogen and oxygen atoms in total. The SMILES string of the molecule is CCCc1nsc(NCCCNCc2cccnc2)n1. The standard InChI is InChI=1S/C14H21N5S/c1-2-5-13-18-14(20-19-13)17-9-4-8-16-11-12-6-3-7-15-10-12/h3,6-7,10,16H,2,4-5,8-9,11H2,1H3,(H,17,18,19). The van der Waals surface area contributed by atoms with E-state index < -0.39 is 0 Å². The average molecular weight is 291 g/mol. The molecule has 0 saturated carbocycles. The van der Waals surface area contributed by atoms with Gasteiger partial charge in [-0.25, -0.2) is 4.98 Å². The zero-order chi connectivity index (χ0) is 14.0. The highest BCUT2D eigenvalue weighted by Crippen LogP contribution is 2.11. The first kappa shape index (κ1) is 14.9. The van der Waals surface area contributed by atoms with Crippen LogP contribution in [0.3, 0.4) is 0 Å². The van der Waals surface area contributed by atoms with E-state index in [2.05, 4.69) is 38.0 Å². The van der Waals surface area contributed by atoms with Gasteiger partial charge in [0.25, 0.3) is 0 Å². The van der Waals surface area contributed by atoms with Gasteiger partial charge < -0.3 is 10.6 Å². The second-order valence-electron chi connectivity index (χ2n) is 4.58. The van der Waals surface area contributed by atoms with Crippen molar-refractivity contribution in [1.29, 1.82) is 0 Å². The van der Waals surface area contributed by atoms with Gasteiger partial charge in [-0.15, -0.1) is 0 Å². The third-order valence-corrected chi connectivity index (χ3v) is 3.51. The molecule has 0 unspecified atom stereocenters. The van der Waals surface area contributed by atoms with Crippen LogP contribution in [0.5, 0.6) is 0 Å². The molecule has 2 aromatic rings. The Labute approximate surface area is 124 Å². The predicted octanol–water partition coefficient (Wildman–Crippen LogP) is 2.48. The van der Waals surface area contributed by atoms with E-state index in [9.17, 15) is 0 Å². The van der Waals surface area contributed by atoms with Gasteiger partial charge in [0.05, 0.1) is 0 Å². The van der Waals surface area contributed by atoms with Crippen molar-refractivity contribution in [2.75, 3.05) is 18.4 Å². The van der Waals surface area contributed by atoms with Crippen LogP contribution in [0.4, 0.5) is 5.13 Å². The van der Waals surface area contributed by atoms with E-state index in [0.717, 1.165) is 49.9 Å². The fourth-order valence-electron chi connectivity index (χ4n) is 1.80. The lowest BCUT2D eigenvalue weighted by atomic mass is 10.3. The molecule has 2 heterocycles. The monoisotopic (exact) mass is 291 g/mol. The lowest BCUT2D eigenvalue weighted by Gasteiger charge is -2.05. The maximum atomic E-state index is 4.43. The van der Waals surface area contributed by atoms with Crippen molar-refractivity contribution in [2.45, 2.75) is 32.7 Å². The van der Waals surface area contributed by atoms with Crippen molar-refractivity contribution in [1.82, 2.24) is 19.7 Å². The number of aromatic nitrogens is 3. The van der Waals surface area contributed by atoms with Gasteiger partial charge in [-0.05, 0) is 31.0 Å². The van der Waals surface area contributed by atoms with E-state index in [0.29, 0.717) is 0 Å². The minimum atomic E-state index is 0.868. The second-order valence-corrected chi connectivity index (χ2v) is 5.34. The van der Waals surface area contributed by atoms with Crippen molar-refractivity contribution < 1.29 is 0 Å². The Kier molecular flexibility index (Phi) is 6.40. The number of nitrogens with one attached hydrogen (secondary N) is 2. The maximum Gasteiger partial charge on any atom is 0.202 e. The van der Waals surface area contributed by atoms with Crippen LogP contribution in [0.15, 0.2) is 24.5 Å². The number of hydrogen-bond donors (Lipinski definition) is 2.